The van der Waals surface area contributed by atoms with Crippen LogP contribution in [0.4, 0.5) is 0 Å². The van der Waals surface area contributed by atoms with Gasteiger partial charge in [-0.25, -0.2) is 10.0 Å². The minimum absolute atomic E-state index is 0.963. The standard InChI is InChI=1S/C10H16N2/c1-2-8-5-7(1)11-9-3-4-10(6-9)12(8)11/h7-10H,1-6H2. The Labute approximate surface area is 73.5 Å². The maximum Gasteiger partial charge on any atom is 0.0265 e. The van der Waals surface area contributed by atoms with Crippen LogP contribution >= 0.6 is 0 Å². The highest BCUT2D eigenvalue weighted by molar-refractivity contribution is 5.07. The molecule has 2 saturated carbocycles. The van der Waals surface area contributed by atoms with E-state index in [9.17, 15) is 0 Å². The Hall–Kier alpha value is -0.0800. The van der Waals surface area contributed by atoms with E-state index in [-0.39, 0.29) is 0 Å². The van der Waals surface area contributed by atoms with Crippen molar-refractivity contribution in [1.82, 2.24) is 10.0 Å². The van der Waals surface area contributed by atoms with Crippen molar-refractivity contribution in [1.29, 1.82) is 0 Å². The lowest BCUT2D eigenvalue weighted by Gasteiger charge is -2.41. The number of hydrazine groups is 1. The summed E-state index contributed by atoms with van der Waals surface area (Å²) in [5.74, 6) is 0. The average molecular weight is 164 g/mol. The molecular formula is C10H16N2. The summed E-state index contributed by atoms with van der Waals surface area (Å²) in [5.41, 5.74) is 0. The van der Waals surface area contributed by atoms with Gasteiger partial charge in [-0.15, -0.1) is 0 Å². The Morgan fingerprint density at radius 2 is 0.917 bits per heavy atom. The van der Waals surface area contributed by atoms with E-state index in [2.05, 4.69) is 10.0 Å². The van der Waals surface area contributed by atoms with Gasteiger partial charge in [-0.1, -0.05) is 0 Å². The van der Waals surface area contributed by atoms with Crippen LogP contribution in [0.2, 0.25) is 0 Å². The number of fused-ring (bicyclic) bond motifs is 9. The normalized spacial score (nSPS) is 57.0. The fourth-order valence-electron chi connectivity index (χ4n) is 4.18. The van der Waals surface area contributed by atoms with Crippen molar-refractivity contribution < 1.29 is 0 Å². The molecule has 2 nitrogen and oxygen atoms in total. The first-order valence-electron chi connectivity index (χ1n) is 5.50. The molecule has 2 aliphatic carbocycles. The van der Waals surface area contributed by atoms with E-state index in [0.717, 1.165) is 24.2 Å². The lowest BCUT2D eigenvalue weighted by atomic mass is 10.2. The molecule has 4 aliphatic rings. The summed E-state index contributed by atoms with van der Waals surface area (Å²) in [4.78, 5) is 0. The Kier molecular flexibility index (Phi) is 0.999. The fourth-order valence-corrected chi connectivity index (χ4v) is 4.18. The van der Waals surface area contributed by atoms with Crippen LogP contribution in [-0.4, -0.2) is 34.2 Å². The van der Waals surface area contributed by atoms with Crippen molar-refractivity contribution in [3.63, 3.8) is 0 Å². The van der Waals surface area contributed by atoms with E-state index in [4.69, 9.17) is 0 Å². The van der Waals surface area contributed by atoms with Crippen LogP contribution in [0.25, 0.3) is 0 Å². The number of hydrogen-bond acceptors (Lipinski definition) is 2. The first kappa shape index (κ1) is 6.39. The van der Waals surface area contributed by atoms with Gasteiger partial charge in [0.2, 0.25) is 0 Å². The molecule has 2 heteroatoms. The van der Waals surface area contributed by atoms with Crippen LogP contribution in [-0.2, 0) is 0 Å². The predicted octanol–water partition coefficient (Wildman–Crippen LogP) is 1.37. The second-order valence-electron chi connectivity index (χ2n) is 5.00. The van der Waals surface area contributed by atoms with Gasteiger partial charge >= 0.3 is 0 Å². The molecule has 0 spiro atoms. The molecule has 0 radical (unpaired) electrons. The zero-order chi connectivity index (χ0) is 7.71. The van der Waals surface area contributed by atoms with Crippen LogP contribution < -0.4 is 0 Å². The van der Waals surface area contributed by atoms with Gasteiger partial charge in [-0.05, 0) is 38.5 Å². The fraction of sp³-hybridized carbons (Fsp3) is 1.00. The van der Waals surface area contributed by atoms with E-state index in [1.165, 1.54) is 38.5 Å². The number of nitrogens with zero attached hydrogens (tertiary/aromatic N) is 2. The SMILES string of the molecule is C1CC2CC1N1C3CCC(C3)N21. The maximum atomic E-state index is 2.77. The maximum absolute atomic E-state index is 2.77. The van der Waals surface area contributed by atoms with E-state index < -0.39 is 0 Å². The minimum atomic E-state index is 0.963. The molecule has 12 heavy (non-hydrogen) atoms. The summed E-state index contributed by atoms with van der Waals surface area (Å²) in [6, 6.07) is 3.85. The van der Waals surface area contributed by atoms with Crippen molar-refractivity contribution in [3.05, 3.63) is 0 Å². The van der Waals surface area contributed by atoms with Gasteiger partial charge < -0.3 is 0 Å². The van der Waals surface area contributed by atoms with Crippen LogP contribution in [0.15, 0.2) is 0 Å². The second kappa shape index (κ2) is 1.88. The Morgan fingerprint density at radius 3 is 1.25 bits per heavy atom. The van der Waals surface area contributed by atoms with Gasteiger partial charge in [0.15, 0.2) is 0 Å². The van der Waals surface area contributed by atoms with Crippen molar-refractivity contribution >= 4 is 0 Å². The van der Waals surface area contributed by atoms with Gasteiger partial charge in [0.25, 0.3) is 0 Å². The van der Waals surface area contributed by atoms with Gasteiger partial charge in [-0.2, -0.15) is 0 Å². The van der Waals surface area contributed by atoms with Gasteiger partial charge in [-0.3, -0.25) is 0 Å². The topological polar surface area (TPSA) is 6.48 Å². The third-order valence-electron chi connectivity index (χ3n) is 4.52. The molecule has 4 fully saturated rings. The summed E-state index contributed by atoms with van der Waals surface area (Å²) in [6.07, 6.45) is 8.95. The van der Waals surface area contributed by atoms with Crippen LogP contribution in [0.1, 0.15) is 38.5 Å². The Morgan fingerprint density at radius 1 is 0.583 bits per heavy atom. The minimum Gasteiger partial charge on any atom is -0.235 e. The molecule has 0 N–H and O–H groups in total. The van der Waals surface area contributed by atoms with Crippen molar-refractivity contribution in [2.24, 2.45) is 0 Å². The van der Waals surface area contributed by atoms with Crippen molar-refractivity contribution in [3.8, 4) is 0 Å². The lowest BCUT2D eigenvalue weighted by molar-refractivity contribution is -0.0780. The van der Waals surface area contributed by atoms with E-state index in [1.807, 2.05) is 0 Å². The van der Waals surface area contributed by atoms with Gasteiger partial charge in [0, 0.05) is 24.2 Å². The summed E-state index contributed by atoms with van der Waals surface area (Å²) >= 11 is 0. The average Bonchev–Trinajstić information content (AvgIpc) is 2.83. The third-order valence-corrected chi connectivity index (χ3v) is 4.52. The highest BCUT2D eigenvalue weighted by atomic mass is 15.7. The molecule has 0 aromatic rings. The third kappa shape index (κ3) is 0.549. The quantitative estimate of drug-likeness (QED) is 0.533. The lowest BCUT2D eigenvalue weighted by Crippen LogP contribution is -2.50. The molecule has 66 valence electrons. The first-order valence-corrected chi connectivity index (χ1v) is 5.50. The Bertz CT molecular complexity index is 184. The summed E-state index contributed by atoms with van der Waals surface area (Å²) in [7, 11) is 0. The van der Waals surface area contributed by atoms with Crippen LogP contribution in [0.5, 0.6) is 0 Å². The molecule has 0 amide bonds. The van der Waals surface area contributed by atoms with E-state index in [0.29, 0.717) is 0 Å². The number of hydrogen-bond donors (Lipinski definition) is 0. The Balaban J connectivity index is 1.77. The zero-order valence-corrected chi connectivity index (χ0v) is 7.45. The van der Waals surface area contributed by atoms with Crippen molar-refractivity contribution in [2.45, 2.75) is 62.7 Å². The summed E-state index contributed by atoms with van der Waals surface area (Å²) in [6.45, 7) is 0. The molecule has 4 bridgehead atoms. The predicted molar refractivity (Wildman–Crippen MR) is 46.5 cm³/mol. The summed E-state index contributed by atoms with van der Waals surface area (Å²) in [5, 5.41) is 5.53. The van der Waals surface area contributed by atoms with Gasteiger partial charge in [0.05, 0.1) is 0 Å². The molecule has 0 aromatic heterocycles. The van der Waals surface area contributed by atoms with E-state index >= 15 is 0 Å². The molecule has 0 aromatic carbocycles. The zero-order valence-electron chi connectivity index (χ0n) is 7.45. The monoisotopic (exact) mass is 164 g/mol. The molecule has 4 unspecified atom stereocenters. The summed E-state index contributed by atoms with van der Waals surface area (Å²) < 4.78 is 0. The van der Waals surface area contributed by atoms with E-state index in [1.54, 1.807) is 0 Å². The molecule has 2 aliphatic heterocycles. The number of rotatable bonds is 0. The van der Waals surface area contributed by atoms with Crippen LogP contribution in [0.3, 0.4) is 0 Å². The first-order chi connectivity index (χ1) is 5.93. The molecule has 4 rings (SSSR count). The largest absolute Gasteiger partial charge is 0.235 e. The van der Waals surface area contributed by atoms with Crippen LogP contribution in [0, 0.1) is 0 Å². The molecule has 4 atom stereocenters. The molecule has 2 heterocycles. The van der Waals surface area contributed by atoms with Gasteiger partial charge in [0.1, 0.15) is 0 Å². The smallest absolute Gasteiger partial charge is 0.0265 e. The highest BCUT2D eigenvalue weighted by Crippen LogP contribution is 2.50. The molecule has 2 saturated heterocycles. The molecular weight excluding hydrogens is 148 g/mol. The van der Waals surface area contributed by atoms with Crippen molar-refractivity contribution in [2.75, 3.05) is 0 Å². The highest BCUT2D eigenvalue weighted by Gasteiger charge is 2.56. The second-order valence-corrected chi connectivity index (χ2v) is 5.00.